The van der Waals surface area contributed by atoms with Gasteiger partial charge in [-0.25, -0.2) is 4.39 Å². The Hall–Kier alpha value is -1.95. The molecular weight excluding hydrogens is 299 g/mol. The van der Waals surface area contributed by atoms with Gasteiger partial charge in [0.2, 0.25) is 5.91 Å². The second-order valence-electron chi connectivity index (χ2n) is 5.17. The van der Waals surface area contributed by atoms with E-state index in [4.69, 9.17) is 11.6 Å². The second kappa shape index (κ2) is 5.81. The van der Waals surface area contributed by atoms with Gasteiger partial charge < -0.3 is 5.32 Å². The number of halogens is 2. The van der Waals surface area contributed by atoms with Gasteiger partial charge in [-0.05, 0) is 18.1 Å². The zero-order valence-electron chi connectivity index (χ0n) is 11.6. The topological polar surface area (TPSA) is 66.5 Å². The van der Waals surface area contributed by atoms with Gasteiger partial charge in [0.1, 0.15) is 12.4 Å². The van der Waals surface area contributed by atoms with Gasteiger partial charge in [0.05, 0.1) is 16.3 Å². The first-order chi connectivity index (χ1) is 9.82. The van der Waals surface area contributed by atoms with Gasteiger partial charge in [0, 0.05) is 6.54 Å². The molecule has 0 aromatic heterocycles. The number of ketones is 1. The van der Waals surface area contributed by atoms with Gasteiger partial charge >= 0.3 is 0 Å². The lowest BCUT2D eigenvalue weighted by Gasteiger charge is -2.17. The van der Waals surface area contributed by atoms with Crippen molar-refractivity contribution in [2.75, 3.05) is 18.0 Å². The number of carbonyl (C=O) groups excluding carboxylic acids is 3. The Morgan fingerprint density at radius 2 is 2.05 bits per heavy atom. The minimum Gasteiger partial charge on any atom is -0.354 e. The molecule has 0 atom stereocenters. The summed E-state index contributed by atoms with van der Waals surface area (Å²) in [7, 11) is 0. The predicted molar refractivity (Wildman–Crippen MR) is 75.9 cm³/mol. The number of anilines is 1. The lowest BCUT2D eigenvalue weighted by Crippen LogP contribution is -2.41. The van der Waals surface area contributed by atoms with Crippen LogP contribution in [0.3, 0.4) is 0 Å². The summed E-state index contributed by atoms with van der Waals surface area (Å²) in [4.78, 5) is 36.4. The standard InChI is InChI=1S/C14H14ClFN2O3/c1-7(2)5-17-10(19)6-18-12-9(16)4-3-8(15)11(12)13(20)14(18)21/h3-4,7H,5-6H2,1-2H3,(H,17,19). The number of amides is 2. The number of hydrogen-bond acceptors (Lipinski definition) is 3. The Morgan fingerprint density at radius 1 is 1.38 bits per heavy atom. The van der Waals surface area contributed by atoms with E-state index in [0.717, 1.165) is 11.0 Å². The molecule has 0 spiro atoms. The third-order valence-corrected chi connectivity index (χ3v) is 3.34. The molecule has 21 heavy (non-hydrogen) atoms. The molecule has 0 unspecified atom stereocenters. The summed E-state index contributed by atoms with van der Waals surface area (Å²) < 4.78 is 13.9. The van der Waals surface area contributed by atoms with Crippen molar-refractivity contribution in [2.45, 2.75) is 13.8 Å². The number of hydrogen-bond donors (Lipinski definition) is 1. The number of nitrogens with one attached hydrogen (secondary N) is 1. The van der Waals surface area contributed by atoms with Crippen molar-refractivity contribution < 1.29 is 18.8 Å². The van der Waals surface area contributed by atoms with Gasteiger partial charge in [0.25, 0.3) is 11.7 Å². The Kier molecular flexibility index (Phi) is 4.27. The van der Waals surface area contributed by atoms with Crippen molar-refractivity contribution in [3.8, 4) is 0 Å². The van der Waals surface area contributed by atoms with Crippen LogP contribution in [0.2, 0.25) is 5.02 Å². The summed E-state index contributed by atoms with van der Waals surface area (Å²) in [6.45, 7) is 3.85. The summed E-state index contributed by atoms with van der Waals surface area (Å²) in [6.07, 6.45) is 0. The molecule has 1 aromatic rings. The fraction of sp³-hybridized carbons (Fsp3) is 0.357. The van der Waals surface area contributed by atoms with Crippen LogP contribution in [0.1, 0.15) is 24.2 Å². The molecular formula is C14H14ClFN2O3. The fourth-order valence-corrected chi connectivity index (χ4v) is 2.26. The van der Waals surface area contributed by atoms with Crippen LogP contribution < -0.4 is 10.2 Å². The summed E-state index contributed by atoms with van der Waals surface area (Å²) in [5, 5.41) is 2.60. The molecule has 5 nitrogen and oxygen atoms in total. The summed E-state index contributed by atoms with van der Waals surface area (Å²) in [5.41, 5.74) is -0.407. The quantitative estimate of drug-likeness (QED) is 0.862. The molecule has 112 valence electrons. The maximum atomic E-state index is 13.9. The molecule has 2 amide bonds. The van der Waals surface area contributed by atoms with E-state index >= 15 is 0 Å². The van der Waals surface area contributed by atoms with Gasteiger partial charge in [-0.1, -0.05) is 25.4 Å². The van der Waals surface area contributed by atoms with Gasteiger partial charge in [-0.15, -0.1) is 0 Å². The maximum absolute atomic E-state index is 13.9. The summed E-state index contributed by atoms with van der Waals surface area (Å²) in [6, 6.07) is 2.27. The van der Waals surface area contributed by atoms with Gasteiger partial charge in [-0.3, -0.25) is 19.3 Å². The maximum Gasteiger partial charge on any atom is 0.300 e. The van der Waals surface area contributed by atoms with Gasteiger partial charge in [-0.2, -0.15) is 0 Å². The molecule has 0 radical (unpaired) electrons. The second-order valence-corrected chi connectivity index (χ2v) is 5.58. The zero-order valence-corrected chi connectivity index (χ0v) is 12.3. The predicted octanol–water partition coefficient (Wildman–Crippen LogP) is 1.78. The van der Waals surface area contributed by atoms with Crippen molar-refractivity contribution in [3.05, 3.63) is 28.5 Å². The molecule has 0 fully saturated rings. The molecule has 0 aliphatic carbocycles. The van der Waals surface area contributed by atoms with E-state index in [1.807, 2.05) is 13.8 Å². The molecule has 1 aromatic carbocycles. The highest BCUT2D eigenvalue weighted by atomic mass is 35.5. The van der Waals surface area contributed by atoms with Crippen LogP contribution in [0, 0.1) is 11.7 Å². The number of nitrogens with zero attached hydrogens (tertiary/aromatic N) is 1. The Morgan fingerprint density at radius 3 is 2.67 bits per heavy atom. The van der Waals surface area contributed by atoms with Crippen molar-refractivity contribution in [1.82, 2.24) is 5.32 Å². The Bertz CT molecular complexity index is 631. The third kappa shape index (κ3) is 2.90. The van der Waals surface area contributed by atoms with Crippen molar-refractivity contribution in [1.29, 1.82) is 0 Å². The molecule has 7 heteroatoms. The molecule has 2 rings (SSSR count). The summed E-state index contributed by atoms with van der Waals surface area (Å²) >= 11 is 5.84. The van der Waals surface area contributed by atoms with Crippen LogP contribution in [0.4, 0.5) is 10.1 Å². The van der Waals surface area contributed by atoms with E-state index in [9.17, 15) is 18.8 Å². The highest BCUT2D eigenvalue weighted by Crippen LogP contribution is 2.36. The van der Waals surface area contributed by atoms with E-state index in [2.05, 4.69) is 5.32 Å². The Balaban J connectivity index is 2.27. The number of Topliss-reactive ketones (excluding diaryl/α,β-unsaturated/α-hetero) is 1. The molecule has 0 saturated heterocycles. The molecule has 1 aliphatic rings. The largest absolute Gasteiger partial charge is 0.354 e. The average molecular weight is 313 g/mol. The van der Waals surface area contributed by atoms with E-state index in [-0.39, 0.29) is 22.2 Å². The molecule has 1 aliphatic heterocycles. The molecule has 0 saturated carbocycles. The normalized spacial score (nSPS) is 13.9. The van der Waals surface area contributed by atoms with Crippen molar-refractivity contribution >= 4 is 34.9 Å². The monoisotopic (exact) mass is 312 g/mol. The number of rotatable bonds is 4. The molecule has 1 heterocycles. The zero-order chi connectivity index (χ0) is 15.7. The third-order valence-electron chi connectivity index (χ3n) is 3.02. The van der Waals surface area contributed by atoms with E-state index < -0.39 is 30.0 Å². The SMILES string of the molecule is CC(C)CNC(=O)CN1C(=O)C(=O)c2c(Cl)ccc(F)c21. The van der Waals surface area contributed by atoms with E-state index in [0.29, 0.717) is 6.54 Å². The smallest absolute Gasteiger partial charge is 0.300 e. The minimum atomic E-state index is -0.948. The van der Waals surface area contributed by atoms with E-state index in [1.54, 1.807) is 0 Å². The average Bonchev–Trinajstić information content (AvgIpc) is 2.67. The summed E-state index contributed by atoms with van der Waals surface area (Å²) in [5.74, 6) is -2.83. The minimum absolute atomic E-state index is 0.00478. The fourth-order valence-electron chi connectivity index (χ4n) is 2.02. The van der Waals surface area contributed by atoms with Crippen LogP contribution in [-0.4, -0.2) is 30.7 Å². The first-order valence-corrected chi connectivity index (χ1v) is 6.81. The number of carbonyl (C=O) groups is 3. The van der Waals surface area contributed by atoms with Crippen LogP contribution >= 0.6 is 11.6 Å². The highest BCUT2D eigenvalue weighted by Gasteiger charge is 2.40. The van der Waals surface area contributed by atoms with Crippen LogP contribution in [-0.2, 0) is 9.59 Å². The van der Waals surface area contributed by atoms with Crippen LogP contribution in [0.5, 0.6) is 0 Å². The van der Waals surface area contributed by atoms with Crippen LogP contribution in [0.15, 0.2) is 12.1 Å². The van der Waals surface area contributed by atoms with Crippen molar-refractivity contribution in [3.63, 3.8) is 0 Å². The van der Waals surface area contributed by atoms with E-state index in [1.165, 1.54) is 6.07 Å². The highest BCUT2D eigenvalue weighted by molar-refractivity contribution is 6.55. The number of benzene rings is 1. The number of fused-ring (bicyclic) bond motifs is 1. The lowest BCUT2D eigenvalue weighted by atomic mass is 10.1. The first-order valence-electron chi connectivity index (χ1n) is 6.43. The molecule has 0 bridgehead atoms. The Labute approximate surface area is 126 Å². The first kappa shape index (κ1) is 15.4. The van der Waals surface area contributed by atoms with Crippen LogP contribution in [0.25, 0.3) is 0 Å². The van der Waals surface area contributed by atoms with Gasteiger partial charge in [0.15, 0.2) is 0 Å². The lowest BCUT2D eigenvalue weighted by molar-refractivity contribution is -0.122. The molecule has 1 N–H and O–H groups in total. The van der Waals surface area contributed by atoms with Crippen molar-refractivity contribution in [2.24, 2.45) is 5.92 Å².